The average Bonchev–Trinajstić information content (AvgIpc) is 2.10. The minimum Gasteiger partial charge on any atom is -0.389 e. The lowest BCUT2D eigenvalue weighted by Crippen LogP contribution is -1.97. The van der Waals surface area contributed by atoms with E-state index < -0.39 is 0 Å². The van der Waals surface area contributed by atoms with Crippen LogP contribution in [0.5, 0.6) is 0 Å². The molecule has 0 aliphatic heterocycles. The molecule has 0 aromatic carbocycles. The molecule has 0 saturated heterocycles. The van der Waals surface area contributed by atoms with Gasteiger partial charge in [-0.1, -0.05) is 37.3 Å². The molecule has 0 radical (unpaired) electrons. The first-order chi connectivity index (χ1) is 5.81. The lowest BCUT2D eigenvalue weighted by atomic mass is 10.2. The van der Waals surface area contributed by atoms with Gasteiger partial charge >= 0.3 is 0 Å². The average molecular weight is 166 g/mol. The Bertz CT molecular complexity index is 190. The fraction of sp³-hybridized carbons (Fsp3) is 0.300. The summed E-state index contributed by atoms with van der Waals surface area (Å²) in [5.41, 5.74) is 0. The molecule has 0 aromatic heterocycles. The minimum atomic E-state index is -0.371. The first-order valence-electron chi connectivity index (χ1n) is 3.94. The van der Waals surface area contributed by atoms with Crippen LogP contribution in [0.15, 0.2) is 36.5 Å². The monoisotopic (exact) mass is 166 g/mol. The molecule has 2 nitrogen and oxygen atoms in total. The van der Waals surface area contributed by atoms with Gasteiger partial charge in [0.05, 0.1) is 6.10 Å². The van der Waals surface area contributed by atoms with Crippen LogP contribution in [0.3, 0.4) is 0 Å². The predicted molar refractivity (Wildman–Crippen MR) is 49.8 cm³/mol. The first kappa shape index (κ1) is 10.8. The van der Waals surface area contributed by atoms with E-state index >= 15 is 0 Å². The van der Waals surface area contributed by atoms with Gasteiger partial charge in [-0.05, 0) is 12.5 Å². The molecule has 0 aliphatic rings. The Hall–Kier alpha value is -1.15. The highest BCUT2D eigenvalue weighted by molar-refractivity contribution is 5.65. The Morgan fingerprint density at radius 3 is 2.33 bits per heavy atom. The molecule has 0 fully saturated rings. The van der Waals surface area contributed by atoms with Crippen LogP contribution in [-0.4, -0.2) is 17.5 Å². The van der Waals surface area contributed by atoms with Gasteiger partial charge in [0.1, 0.15) is 6.29 Å². The van der Waals surface area contributed by atoms with Gasteiger partial charge in [0.15, 0.2) is 0 Å². The molecule has 0 rings (SSSR count). The molecular weight excluding hydrogens is 152 g/mol. The van der Waals surface area contributed by atoms with E-state index in [4.69, 9.17) is 5.11 Å². The lowest BCUT2D eigenvalue weighted by molar-refractivity contribution is -0.104. The molecular formula is C10H14O2. The highest BCUT2D eigenvalue weighted by Gasteiger charge is 1.88. The maximum absolute atomic E-state index is 9.81. The molecule has 0 bridgehead atoms. The Morgan fingerprint density at radius 1 is 1.17 bits per heavy atom. The fourth-order valence-electron chi connectivity index (χ4n) is 0.566. The summed E-state index contributed by atoms with van der Waals surface area (Å²) in [5.74, 6) is 0. The third-order valence-corrected chi connectivity index (χ3v) is 1.27. The smallest absolute Gasteiger partial charge is 0.142 e. The van der Waals surface area contributed by atoms with Crippen molar-refractivity contribution < 1.29 is 9.90 Å². The first-order valence-corrected chi connectivity index (χ1v) is 3.94. The summed E-state index contributed by atoms with van der Waals surface area (Å²) < 4.78 is 0. The van der Waals surface area contributed by atoms with Crippen molar-refractivity contribution in [3.8, 4) is 0 Å². The highest BCUT2D eigenvalue weighted by Crippen LogP contribution is 1.91. The standard InChI is InChI=1S/C10H14O2/c1-2-10(12)8-6-4-3-5-7-9-11/h3-10,12H,2H2,1H3/b4-3-,7-5+,8-6-/t10-/m0/s1. The van der Waals surface area contributed by atoms with Crippen LogP contribution in [0.1, 0.15) is 13.3 Å². The molecule has 0 aromatic rings. The number of hydrogen-bond donors (Lipinski definition) is 1. The second-order valence-electron chi connectivity index (χ2n) is 2.27. The van der Waals surface area contributed by atoms with Crippen molar-refractivity contribution in [1.29, 1.82) is 0 Å². The van der Waals surface area contributed by atoms with E-state index in [9.17, 15) is 4.79 Å². The molecule has 0 heterocycles. The summed E-state index contributed by atoms with van der Waals surface area (Å²) >= 11 is 0. The van der Waals surface area contributed by atoms with Crippen molar-refractivity contribution in [3.05, 3.63) is 36.5 Å². The van der Waals surface area contributed by atoms with Crippen molar-refractivity contribution >= 4 is 6.29 Å². The molecule has 0 spiro atoms. The summed E-state index contributed by atoms with van der Waals surface area (Å²) in [4.78, 5) is 9.81. The Morgan fingerprint density at radius 2 is 1.75 bits per heavy atom. The summed E-state index contributed by atoms with van der Waals surface area (Å²) in [6, 6.07) is 0. The normalized spacial score (nSPS) is 14.8. The van der Waals surface area contributed by atoms with E-state index in [2.05, 4.69) is 0 Å². The summed E-state index contributed by atoms with van der Waals surface area (Å²) in [5, 5.41) is 9.07. The van der Waals surface area contributed by atoms with Crippen LogP contribution in [0.25, 0.3) is 0 Å². The minimum absolute atomic E-state index is 0.371. The fourth-order valence-corrected chi connectivity index (χ4v) is 0.566. The van der Waals surface area contributed by atoms with Gasteiger partial charge in [0, 0.05) is 0 Å². The van der Waals surface area contributed by atoms with E-state index in [1.165, 1.54) is 6.08 Å². The number of carbonyl (C=O) groups excluding carboxylic acids is 1. The van der Waals surface area contributed by atoms with Gasteiger partial charge in [-0.25, -0.2) is 0 Å². The number of aliphatic hydroxyl groups excluding tert-OH is 1. The Labute approximate surface area is 72.9 Å². The zero-order valence-electron chi connectivity index (χ0n) is 7.18. The molecule has 0 unspecified atom stereocenters. The van der Waals surface area contributed by atoms with E-state index in [0.717, 1.165) is 6.29 Å². The molecule has 66 valence electrons. The maximum Gasteiger partial charge on any atom is 0.142 e. The number of rotatable bonds is 5. The molecule has 12 heavy (non-hydrogen) atoms. The second kappa shape index (κ2) is 7.95. The van der Waals surface area contributed by atoms with Gasteiger partial charge in [-0.15, -0.1) is 0 Å². The number of carbonyl (C=O) groups is 1. The summed E-state index contributed by atoms with van der Waals surface area (Å²) in [6.45, 7) is 1.91. The van der Waals surface area contributed by atoms with Gasteiger partial charge in [-0.2, -0.15) is 0 Å². The molecule has 2 heteroatoms. The van der Waals surface area contributed by atoms with E-state index in [0.29, 0.717) is 6.42 Å². The van der Waals surface area contributed by atoms with Crippen LogP contribution >= 0.6 is 0 Å². The second-order valence-corrected chi connectivity index (χ2v) is 2.27. The number of allylic oxidation sites excluding steroid dienone is 5. The van der Waals surface area contributed by atoms with Crippen LogP contribution < -0.4 is 0 Å². The Kier molecular flexibility index (Phi) is 7.19. The SMILES string of the molecule is CC[C@H](O)\C=C/C=C\C=C\C=O. The van der Waals surface area contributed by atoms with Crippen LogP contribution in [0, 0.1) is 0 Å². The summed E-state index contributed by atoms with van der Waals surface area (Å²) in [6.07, 6.45) is 11.0. The number of aldehydes is 1. The molecule has 0 aliphatic carbocycles. The molecule has 0 saturated carbocycles. The largest absolute Gasteiger partial charge is 0.389 e. The Balaban J connectivity index is 3.65. The topological polar surface area (TPSA) is 37.3 Å². The molecule has 1 atom stereocenters. The van der Waals surface area contributed by atoms with Gasteiger partial charge < -0.3 is 5.11 Å². The van der Waals surface area contributed by atoms with E-state index in [-0.39, 0.29) is 6.10 Å². The van der Waals surface area contributed by atoms with Crippen molar-refractivity contribution in [3.63, 3.8) is 0 Å². The summed E-state index contributed by atoms with van der Waals surface area (Å²) in [7, 11) is 0. The van der Waals surface area contributed by atoms with Crippen LogP contribution in [-0.2, 0) is 4.79 Å². The zero-order chi connectivity index (χ0) is 9.23. The predicted octanol–water partition coefficient (Wildman–Crippen LogP) is 1.62. The van der Waals surface area contributed by atoms with Crippen LogP contribution in [0.4, 0.5) is 0 Å². The van der Waals surface area contributed by atoms with Crippen molar-refractivity contribution in [1.82, 2.24) is 0 Å². The number of hydrogen-bond acceptors (Lipinski definition) is 2. The van der Waals surface area contributed by atoms with Gasteiger partial charge in [0.2, 0.25) is 0 Å². The maximum atomic E-state index is 9.81. The molecule has 0 amide bonds. The lowest BCUT2D eigenvalue weighted by Gasteiger charge is -1.95. The van der Waals surface area contributed by atoms with E-state index in [1.54, 1.807) is 30.4 Å². The quantitative estimate of drug-likeness (QED) is 0.383. The van der Waals surface area contributed by atoms with Gasteiger partial charge in [-0.3, -0.25) is 4.79 Å². The van der Waals surface area contributed by atoms with Crippen molar-refractivity contribution in [2.45, 2.75) is 19.4 Å². The van der Waals surface area contributed by atoms with Crippen molar-refractivity contribution in [2.24, 2.45) is 0 Å². The van der Waals surface area contributed by atoms with Crippen molar-refractivity contribution in [2.75, 3.05) is 0 Å². The van der Waals surface area contributed by atoms with E-state index in [1.807, 2.05) is 6.92 Å². The number of aliphatic hydroxyl groups is 1. The van der Waals surface area contributed by atoms with Crippen LogP contribution in [0.2, 0.25) is 0 Å². The van der Waals surface area contributed by atoms with Gasteiger partial charge in [0.25, 0.3) is 0 Å². The molecule has 1 N–H and O–H groups in total. The third-order valence-electron chi connectivity index (χ3n) is 1.27. The zero-order valence-corrected chi connectivity index (χ0v) is 7.18. The third kappa shape index (κ3) is 6.96. The highest BCUT2D eigenvalue weighted by atomic mass is 16.3.